The average Bonchev–Trinajstić information content (AvgIpc) is 3.00. The Hall–Kier alpha value is -2.30. The van der Waals surface area contributed by atoms with E-state index in [1.165, 1.54) is 6.08 Å². The van der Waals surface area contributed by atoms with Gasteiger partial charge in [0.05, 0.1) is 21.1 Å². The first-order valence-corrected chi connectivity index (χ1v) is 9.62. The summed E-state index contributed by atoms with van der Waals surface area (Å²) in [7, 11) is 0. The number of nitrogens with zero attached hydrogens (tertiary/aromatic N) is 2. The first-order valence-electron chi connectivity index (χ1n) is 8.87. The molecule has 2 aromatic carbocycles. The number of hydrogen-bond donors (Lipinski definition) is 1. The van der Waals surface area contributed by atoms with E-state index in [0.717, 1.165) is 35.3 Å². The van der Waals surface area contributed by atoms with Crippen molar-refractivity contribution in [3.63, 3.8) is 0 Å². The first kappa shape index (κ1) is 19.5. The number of fused-ring (bicyclic) bond motifs is 1. The largest absolute Gasteiger partial charge is 0.353 e. The molecule has 0 spiro atoms. The number of aromatic nitrogens is 2. The number of allylic oxidation sites excluding steroid dienone is 1. The van der Waals surface area contributed by atoms with Gasteiger partial charge < -0.3 is 9.88 Å². The van der Waals surface area contributed by atoms with E-state index in [9.17, 15) is 4.79 Å². The van der Waals surface area contributed by atoms with Gasteiger partial charge in [-0.05, 0) is 49.2 Å². The number of benzene rings is 2. The first-order chi connectivity index (χ1) is 13.1. The van der Waals surface area contributed by atoms with Crippen LogP contribution >= 0.6 is 23.2 Å². The maximum Gasteiger partial charge on any atom is 0.243 e. The highest BCUT2D eigenvalue weighted by Gasteiger charge is 2.11. The van der Waals surface area contributed by atoms with Crippen molar-refractivity contribution in [1.82, 2.24) is 14.9 Å². The van der Waals surface area contributed by atoms with Gasteiger partial charge in [0.25, 0.3) is 0 Å². The zero-order chi connectivity index (χ0) is 19.2. The van der Waals surface area contributed by atoms with Crippen LogP contribution in [-0.2, 0) is 17.8 Å². The molecule has 6 heteroatoms. The van der Waals surface area contributed by atoms with Crippen LogP contribution in [0.5, 0.6) is 0 Å². The smallest absolute Gasteiger partial charge is 0.243 e. The van der Waals surface area contributed by atoms with Crippen molar-refractivity contribution in [2.75, 3.05) is 6.54 Å². The molecule has 0 saturated heterocycles. The number of nitrogens with one attached hydrogen (secondary N) is 1. The highest BCUT2D eigenvalue weighted by atomic mass is 35.5. The van der Waals surface area contributed by atoms with E-state index in [0.29, 0.717) is 23.1 Å². The summed E-state index contributed by atoms with van der Waals surface area (Å²) < 4.78 is 2.20. The number of hydrogen-bond acceptors (Lipinski definition) is 2. The number of halogens is 2. The van der Waals surface area contributed by atoms with Gasteiger partial charge in [0.15, 0.2) is 0 Å². The second kappa shape index (κ2) is 9.07. The predicted octanol–water partition coefficient (Wildman–Crippen LogP) is 5.02. The van der Waals surface area contributed by atoms with Crippen LogP contribution in [0.3, 0.4) is 0 Å². The fourth-order valence-corrected chi connectivity index (χ4v) is 3.30. The quantitative estimate of drug-likeness (QED) is 0.446. The Morgan fingerprint density at radius 1 is 1.19 bits per heavy atom. The van der Waals surface area contributed by atoms with Crippen molar-refractivity contribution < 1.29 is 4.79 Å². The van der Waals surface area contributed by atoms with E-state index in [4.69, 9.17) is 28.2 Å². The molecule has 1 amide bonds. The number of carbonyl (C=O) groups is 1. The van der Waals surface area contributed by atoms with Crippen molar-refractivity contribution in [2.45, 2.75) is 26.3 Å². The Morgan fingerprint density at radius 2 is 2.00 bits per heavy atom. The summed E-state index contributed by atoms with van der Waals surface area (Å²) >= 11 is 12.2. The SMILES string of the molecule is C/C=C\C(=O)NCCCc1nc2ccccc2n1Cc1ccc(Cl)c(Cl)c1. The van der Waals surface area contributed by atoms with Gasteiger partial charge in [-0.2, -0.15) is 0 Å². The summed E-state index contributed by atoms with van der Waals surface area (Å²) in [6.45, 7) is 3.10. The monoisotopic (exact) mass is 401 g/mol. The molecule has 0 unspecified atom stereocenters. The van der Waals surface area contributed by atoms with E-state index >= 15 is 0 Å². The van der Waals surface area contributed by atoms with Gasteiger partial charge in [-0.15, -0.1) is 0 Å². The molecule has 0 saturated carbocycles. The Labute approximate surface area is 168 Å². The van der Waals surface area contributed by atoms with Gasteiger partial charge in [0, 0.05) is 19.5 Å². The molecule has 1 aromatic heterocycles. The van der Waals surface area contributed by atoms with Crippen LogP contribution in [0.15, 0.2) is 54.6 Å². The number of imidazole rings is 1. The summed E-state index contributed by atoms with van der Waals surface area (Å²) in [5.74, 6) is 0.921. The highest BCUT2D eigenvalue weighted by Crippen LogP contribution is 2.25. The minimum atomic E-state index is -0.0678. The summed E-state index contributed by atoms with van der Waals surface area (Å²) in [5, 5.41) is 3.97. The van der Waals surface area contributed by atoms with Crippen LogP contribution < -0.4 is 5.32 Å². The molecular formula is C21H21Cl2N3O. The van der Waals surface area contributed by atoms with Crippen molar-refractivity contribution in [3.8, 4) is 0 Å². The summed E-state index contributed by atoms with van der Waals surface area (Å²) in [4.78, 5) is 16.3. The number of aryl methyl sites for hydroxylation is 1. The van der Waals surface area contributed by atoms with Crippen LogP contribution in [-0.4, -0.2) is 22.0 Å². The van der Waals surface area contributed by atoms with Crippen LogP contribution in [0.1, 0.15) is 24.7 Å². The summed E-state index contributed by atoms with van der Waals surface area (Å²) in [5.41, 5.74) is 3.11. The molecule has 140 valence electrons. The maximum atomic E-state index is 11.5. The lowest BCUT2D eigenvalue weighted by molar-refractivity contribution is -0.116. The third-order valence-electron chi connectivity index (χ3n) is 4.25. The fraction of sp³-hybridized carbons (Fsp3) is 0.238. The molecule has 0 aliphatic carbocycles. The summed E-state index contributed by atoms with van der Waals surface area (Å²) in [6, 6.07) is 13.8. The molecule has 0 aliphatic rings. The normalized spacial score (nSPS) is 11.4. The zero-order valence-corrected chi connectivity index (χ0v) is 16.6. The Bertz CT molecular complexity index is 979. The molecule has 3 aromatic rings. The third kappa shape index (κ3) is 4.90. The molecule has 1 N–H and O–H groups in total. The number of amides is 1. The minimum absolute atomic E-state index is 0.0678. The minimum Gasteiger partial charge on any atom is -0.353 e. The lowest BCUT2D eigenvalue weighted by Crippen LogP contribution is -2.22. The molecule has 0 aliphatic heterocycles. The number of rotatable bonds is 7. The maximum absolute atomic E-state index is 11.5. The molecule has 4 nitrogen and oxygen atoms in total. The molecule has 1 heterocycles. The van der Waals surface area contributed by atoms with E-state index in [1.807, 2.05) is 43.3 Å². The van der Waals surface area contributed by atoms with Crippen molar-refractivity contribution >= 4 is 40.1 Å². The van der Waals surface area contributed by atoms with Gasteiger partial charge in [0.2, 0.25) is 5.91 Å². The highest BCUT2D eigenvalue weighted by molar-refractivity contribution is 6.42. The van der Waals surface area contributed by atoms with E-state index in [1.54, 1.807) is 6.08 Å². The van der Waals surface area contributed by atoms with E-state index in [-0.39, 0.29) is 5.91 Å². The van der Waals surface area contributed by atoms with Gasteiger partial charge >= 0.3 is 0 Å². The lowest BCUT2D eigenvalue weighted by atomic mass is 10.2. The van der Waals surface area contributed by atoms with Gasteiger partial charge in [0.1, 0.15) is 5.82 Å². The van der Waals surface area contributed by atoms with Crippen LogP contribution in [0, 0.1) is 0 Å². The molecule has 0 bridgehead atoms. The van der Waals surface area contributed by atoms with Gasteiger partial charge in [-0.1, -0.05) is 47.5 Å². The van der Waals surface area contributed by atoms with Crippen molar-refractivity contribution in [3.05, 3.63) is 76.0 Å². The molecule has 27 heavy (non-hydrogen) atoms. The Kier molecular flexibility index (Phi) is 6.54. The standard InChI is InChI=1S/C21H21Cl2N3O/c1-2-6-21(27)24-12-5-9-20-25-18-7-3-4-8-19(18)26(20)14-15-10-11-16(22)17(23)13-15/h2-4,6-8,10-11,13H,5,9,12,14H2,1H3,(H,24,27)/b6-2-. The van der Waals surface area contributed by atoms with E-state index in [2.05, 4.69) is 16.0 Å². The van der Waals surface area contributed by atoms with Crippen LogP contribution in [0.2, 0.25) is 10.0 Å². The van der Waals surface area contributed by atoms with E-state index < -0.39 is 0 Å². The van der Waals surface area contributed by atoms with Crippen molar-refractivity contribution in [1.29, 1.82) is 0 Å². The Balaban J connectivity index is 1.79. The predicted molar refractivity (Wildman–Crippen MR) is 111 cm³/mol. The lowest BCUT2D eigenvalue weighted by Gasteiger charge is -2.10. The molecule has 0 radical (unpaired) electrons. The molecule has 3 rings (SSSR count). The molecule has 0 fully saturated rings. The number of carbonyl (C=O) groups excluding carboxylic acids is 1. The third-order valence-corrected chi connectivity index (χ3v) is 4.99. The number of para-hydroxylation sites is 2. The Morgan fingerprint density at radius 3 is 2.78 bits per heavy atom. The molecular weight excluding hydrogens is 381 g/mol. The average molecular weight is 402 g/mol. The fourth-order valence-electron chi connectivity index (χ4n) is 2.98. The van der Waals surface area contributed by atoms with Gasteiger partial charge in [-0.3, -0.25) is 4.79 Å². The molecule has 0 atom stereocenters. The summed E-state index contributed by atoms with van der Waals surface area (Å²) in [6.07, 6.45) is 4.84. The topological polar surface area (TPSA) is 46.9 Å². The van der Waals surface area contributed by atoms with Crippen LogP contribution in [0.25, 0.3) is 11.0 Å². The van der Waals surface area contributed by atoms with Crippen molar-refractivity contribution in [2.24, 2.45) is 0 Å². The zero-order valence-electron chi connectivity index (χ0n) is 15.1. The second-order valence-corrected chi connectivity index (χ2v) is 7.06. The second-order valence-electron chi connectivity index (χ2n) is 6.25. The van der Waals surface area contributed by atoms with Gasteiger partial charge in [-0.25, -0.2) is 4.98 Å². The van der Waals surface area contributed by atoms with Crippen LogP contribution in [0.4, 0.5) is 0 Å².